The minimum atomic E-state index is -0.738. The van der Waals surface area contributed by atoms with Crippen molar-refractivity contribution in [2.24, 2.45) is 5.41 Å². The molecule has 0 aliphatic heterocycles. The molecule has 12 heteroatoms. The maximum atomic E-state index is 12.8. The molecule has 0 N–H and O–H groups in total. The topological polar surface area (TPSA) is 154 Å². The van der Waals surface area contributed by atoms with Crippen LogP contribution >= 0.6 is 0 Å². The highest BCUT2D eigenvalue weighted by Crippen LogP contribution is 2.33. The van der Waals surface area contributed by atoms with Gasteiger partial charge in [0.25, 0.3) is 0 Å². The first-order chi connectivity index (χ1) is 28.0. The zero-order chi connectivity index (χ0) is 42.9. The molecule has 0 bridgehead atoms. The molecule has 0 amide bonds. The lowest BCUT2D eigenvalue weighted by Gasteiger charge is -2.28. The predicted molar refractivity (Wildman–Crippen MR) is 221 cm³/mol. The van der Waals surface area contributed by atoms with Crippen LogP contribution in [-0.2, 0) is 28.7 Å². The van der Waals surface area contributed by atoms with Crippen molar-refractivity contribution in [1.82, 2.24) is 0 Å². The summed E-state index contributed by atoms with van der Waals surface area (Å²) in [7, 11) is 0. The number of aryl methyl sites for hydroxylation is 1. The molecule has 4 aromatic carbocycles. The molecule has 0 aliphatic rings. The second-order valence-electron chi connectivity index (χ2n) is 14.4. The molecule has 0 unspecified atom stereocenters. The van der Waals surface area contributed by atoms with Gasteiger partial charge in [-0.2, -0.15) is 0 Å². The Morgan fingerprint density at radius 3 is 1.85 bits per heavy atom. The summed E-state index contributed by atoms with van der Waals surface area (Å²) < 4.78 is 39.1. The van der Waals surface area contributed by atoms with Crippen LogP contribution in [0.15, 0.2) is 126 Å². The lowest BCUT2D eigenvalue weighted by atomic mass is 9.89. The highest BCUT2D eigenvalue weighted by molar-refractivity contribution is 6.06. The van der Waals surface area contributed by atoms with Crippen LogP contribution in [0.25, 0.3) is 28.0 Å². The van der Waals surface area contributed by atoms with E-state index in [0.717, 1.165) is 10.8 Å². The van der Waals surface area contributed by atoms with E-state index in [-0.39, 0.29) is 59.4 Å². The Balaban J connectivity index is 1.17. The number of hydrogen-bond donors (Lipinski definition) is 0. The Morgan fingerprint density at radius 1 is 0.661 bits per heavy atom. The maximum absolute atomic E-state index is 12.8. The second kappa shape index (κ2) is 18.8. The van der Waals surface area contributed by atoms with E-state index in [1.807, 2.05) is 31.2 Å². The van der Waals surface area contributed by atoms with Crippen molar-refractivity contribution in [3.05, 3.63) is 138 Å². The number of furan rings is 1. The van der Waals surface area contributed by atoms with Crippen LogP contribution in [0.3, 0.4) is 0 Å². The molecule has 12 nitrogen and oxygen atoms in total. The van der Waals surface area contributed by atoms with Crippen LogP contribution in [0, 0.1) is 12.3 Å². The molecule has 5 aromatic rings. The Hall–Kier alpha value is -7.21. The van der Waals surface area contributed by atoms with Gasteiger partial charge in [-0.25, -0.2) is 24.0 Å². The van der Waals surface area contributed by atoms with E-state index in [1.165, 1.54) is 49.4 Å². The van der Waals surface area contributed by atoms with E-state index in [4.69, 9.17) is 32.8 Å². The molecule has 0 saturated heterocycles. The van der Waals surface area contributed by atoms with Crippen molar-refractivity contribution >= 4 is 57.9 Å². The van der Waals surface area contributed by atoms with E-state index >= 15 is 0 Å². The lowest BCUT2D eigenvalue weighted by Crippen LogP contribution is -2.33. The highest BCUT2D eigenvalue weighted by atomic mass is 16.6. The monoisotopic (exact) mass is 800 g/mol. The van der Waals surface area contributed by atoms with Crippen molar-refractivity contribution in [3.63, 3.8) is 0 Å². The van der Waals surface area contributed by atoms with E-state index in [1.54, 1.807) is 45.0 Å². The summed E-state index contributed by atoms with van der Waals surface area (Å²) in [5.41, 5.74) is 2.73. The molecule has 1 heterocycles. The molecular weight excluding hydrogens is 757 g/mol. The molecule has 0 fully saturated rings. The van der Waals surface area contributed by atoms with Gasteiger partial charge in [-0.1, -0.05) is 32.7 Å². The van der Waals surface area contributed by atoms with Gasteiger partial charge in [-0.3, -0.25) is 0 Å². The third-order valence-corrected chi connectivity index (χ3v) is 8.87. The van der Waals surface area contributed by atoms with Gasteiger partial charge in [0.2, 0.25) is 0 Å². The molecule has 1 aromatic heterocycles. The fourth-order valence-corrected chi connectivity index (χ4v) is 5.42. The second-order valence-corrected chi connectivity index (χ2v) is 14.4. The van der Waals surface area contributed by atoms with Gasteiger partial charge in [0.05, 0.1) is 12.2 Å². The van der Waals surface area contributed by atoms with Crippen molar-refractivity contribution in [2.45, 2.75) is 41.0 Å². The summed E-state index contributed by atoms with van der Waals surface area (Å²) in [6.07, 6.45) is 3.30. The zero-order valence-corrected chi connectivity index (χ0v) is 33.5. The summed E-state index contributed by atoms with van der Waals surface area (Å²) in [6.45, 7) is 19.2. The standard InChI is InChI=1S/C47H44O12/c1-28(2)43(49)54-26-47(8,27-55-44(50)29(3)4)21-22-53-35-15-18-38-37-17-9-32(24-40(37)58-41(38)25-35)10-20-42(48)59-39-19-16-36(23-31(39)7)57-46(52)33-11-13-34(14-12-33)56-45(51)30(5)6/h9-20,23-25H,1,3,5,21-22,26-27H2,2,4,6-8H3/b20-10+. The number of ether oxygens (including phenoxy) is 6. The molecule has 0 radical (unpaired) electrons. The quantitative estimate of drug-likeness (QED) is 0.0500. The first-order valence-electron chi connectivity index (χ1n) is 18.4. The Kier molecular flexibility index (Phi) is 13.7. The number of fused-ring (bicyclic) bond motifs is 3. The number of rotatable bonds is 17. The predicted octanol–water partition coefficient (Wildman–Crippen LogP) is 9.23. The third kappa shape index (κ3) is 11.7. The minimum absolute atomic E-state index is 0.00791. The number of carbonyl (C=O) groups is 5. The fraction of sp³-hybridized carbons (Fsp3) is 0.213. The van der Waals surface area contributed by atoms with E-state index in [0.29, 0.717) is 34.5 Å². The molecular formula is C47H44O12. The molecule has 0 atom stereocenters. The van der Waals surface area contributed by atoms with Gasteiger partial charge in [-0.15, -0.1) is 0 Å². The van der Waals surface area contributed by atoms with Crippen LogP contribution in [-0.4, -0.2) is 49.7 Å². The molecule has 304 valence electrons. The molecule has 0 spiro atoms. The SMILES string of the molecule is C=C(C)C(=O)OCC(C)(CCOc1ccc2c(c1)oc1cc(/C=C/C(=O)Oc3ccc(OC(=O)c4ccc(OC(=O)C(=C)C)cc4)cc3C)ccc12)COC(=O)C(=C)C. The number of benzene rings is 4. The summed E-state index contributed by atoms with van der Waals surface area (Å²) in [4.78, 5) is 61.3. The normalized spacial score (nSPS) is 11.2. The smallest absolute Gasteiger partial charge is 0.343 e. The van der Waals surface area contributed by atoms with Gasteiger partial charge < -0.3 is 32.8 Å². The Morgan fingerprint density at radius 2 is 1.24 bits per heavy atom. The lowest BCUT2D eigenvalue weighted by molar-refractivity contribution is -0.149. The molecule has 59 heavy (non-hydrogen) atoms. The minimum Gasteiger partial charge on any atom is -0.493 e. The fourth-order valence-electron chi connectivity index (χ4n) is 5.42. The molecule has 0 saturated carbocycles. The van der Waals surface area contributed by atoms with Gasteiger partial charge >= 0.3 is 29.8 Å². The average Bonchev–Trinajstić information content (AvgIpc) is 3.56. The van der Waals surface area contributed by atoms with Gasteiger partial charge in [0.15, 0.2) is 0 Å². The van der Waals surface area contributed by atoms with E-state index in [9.17, 15) is 24.0 Å². The Bertz CT molecular complexity index is 2470. The number of esters is 5. The Labute approximate surface area is 341 Å². The van der Waals surface area contributed by atoms with Crippen LogP contribution < -0.4 is 18.9 Å². The highest BCUT2D eigenvalue weighted by Gasteiger charge is 2.29. The van der Waals surface area contributed by atoms with Crippen molar-refractivity contribution in [1.29, 1.82) is 0 Å². The molecule has 5 rings (SSSR count). The molecule has 0 aliphatic carbocycles. The van der Waals surface area contributed by atoms with Crippen molar-refractivity contribution in [2.75, 3.05) is 19.8 Å². The third-order valence-electron chi connectivity index (χ3n) is 8.87. The first kappa shape index (κ1) is 42.9. The summed E-state index contributed by atoms with van der Waals surface area (Å²) >= 11 is 0. The largest absolute Gasteiger partial charge is 0.493 e. The van der Waals surface area contributed by atoms with Crippen LogP contribution in [0.2, 0.25) is 0 Å². The average molecular weight is 801 g/mol. The first-order valence-corrected chi connectivity index (χ1v) is 18.4. The maximum Gasteiger partial charge on any atom is 0.343 e. The summed E-state index contributed by atoms with van der Waals surface area (Å²) in [5, 5.41) is 1.74. The van der Waals surface area contributed by atoms with Crippen LogP contribution in [0.1, 0.15) is 55.6 Å². The van der Waals surface area contributed by atoms with Gasteiger partial charge in [-0.05, 0) is 118 Å². The van der Waals surface area contributed by atoms with Crippen LogP contribution in [0.4, 0.5) is 0 Å². The summed E-state index contributed by atoms with van der Waals surface area (Å²) in [5.74, 6) is -1.53. The summed E-state index contributed by atoms with van der Waals surface area (Å²) in [6, 6.07) is 21.6. The van der Waals surface area contributed by atoms with Crippen molar-refractivity contribution in [3.8, 4) is 23.0 Å². The van der Waals surface area contributed by atoms with E-state index in [2.05, 4.69) is 19.7 Å². The number of carbonyl (C=O) groups excluding carboxylic acids is 5. The van der Waals surface area contributed by atoms with Crippen LogP contribution in [0.5, 0.6) is 23.0 Å². The number of hydrogen-bond acceptors (Lipinski definition) is 12. The van der Waals surface area contributed by atoms with Crippen molar-refractivity contribution < 1.29 is 56.8 Å². The van der Waals surface area contributed by atoms with Gasteiger partial charge in [0.1, 0.15) is 47.4 Å². The zero-order valence-electron chi connectivity index (χ0n) is 33.5. The van der Waals surface area contributed by atoms with E-state index < -0.39 is 35.3 Å². The van der Waals surface area contributed by atoms with Gasteiger partial charge in [0, 0.05) is 45.0 Å².